The van der Waals surface area contributed by atoms with Crippen molar-refractivity contribution in [3.05, 3.63) is 53.6 Å². The molecule has 7 nitrogen and oxygen atoms in total. The van der Waals surface area contributed by atoms with Crippen LogP contribution in [0.3, 0.4) is 0 Å². The molecule has 0 aliphatic carbocycles. The smallest absolute Gasteiger partial charge is 0.343 e. The average Bonchev–Trinajstić information content (AvgIpc) is 2.65. The molecule has 0 aromatic heterocycles. The Balaban J connectivity index is 2.37. The number of benzene rings is 2. The summed E-state index contributed by atoms with van der Waals surface area (Å²) < 4.78 is 20.9. The Labute approximate surface area is 145 Å². The summed E-state index contributed by atoms with van der Waals surface area (Å²) in [5.74, 6) is -0.612. The molecule has 0 fully saturated rings. The molecule has 0 aliphatic heterocycles. The average molecular weight is 345 g/mol. The normalized spacial score (nSPS) is 11.3. The fraction of sp³-hybridized carbons (Fsp3) is 0.222. The molecule has 2 aromatic rings. The molecular weight excluding hydrogens is 326 g/mol. The molecule has 2 N–H and O–H groups in total. The van der Waals surface area contributed by atoms with E-state index in [2.05, 4.69) is 0 Å². The topological polar surface area (TPSA) is 97.1 Å². The van der Waals surface area contributed by atoms with Crippen LogP contribution >= 0.6 is 0 Å². The molecule has 0 radical (unpaired) electrons. The molecule has 0 heterocycles. The third-order valence-electron chi connectivity index (χ3n) is 3.51. The highest BCUT2D eigenvalue weighted by molar-refractivity contribution is 5.95. The minimum Gasteiger partial charge on any atom is -0.496 e. The van der Waals surface area contributed by atoms with Gasteiger partial charge in [0, 0.05) is 17.7 Å². The standard InChI is InChI=1S/C18H19NO6/c1-22-13-10-15(24-3)14(23-2)9-12(13)18(21)25-16(17(19)20)11-7-5-4-6-8-11/h4-10,16H,1-3H3,(H2,19,20). The zero-order chi connectivity index (χ0) is 18.4. The second-order valence-corrected chi connectivity index (χ2v) is 5.01. The summed E-state index contributed by atoms with van der Waals surface area (Å²) in [4.78, 5) is 24.3. The number of primary amides is 1. The van der Waals surface area contributed by atoms with E-state index in [1.807, 2.05) is 0 Å². The number of hydrogen-bond acceptors (Lipinski definition) is 6. The van der Waals surface area contributed by atoms with Gasteiger partial charge in [-0.25, -0.2) is 4.79 Å². The summed E-state index contributed by atoms with van der Waals surface area (Å²) in [5.41, 5.74) is 5.94. The largest absolute Gasteiger partial charge is 0.496 e. The lowest BCUT2D eigenvalue weighted by molar-refractivity contribution is -0.127. The molecule has 0 aliphatic rings. The third-order valence-corrected chi connectivity index (χ3v) is 3.51. The van der Waals surface area contributed by atoms with Crippen LogP contribution in [0.15, 0.2) is 42.5 Å². The van der Waals surface area contributed by atoms with Crippen molar-refractivity contribution in [1.82, 2.24) is 0 Å². The molecule has 7 heteroatoms. The Kier molecular flexibility index (Phi) is 5.84. The molecule has 2 rings (SSSR count). The minimum atomic E-state index is -1.22. The lowest BCUT2D eigenvalue weighted by Crippen LogP contribution is -2.26. The predicted molar refractivity (Wildman–Crippen MR) is 89.9 cm³/mol. The van der Waals surface area contributed by atoms with Crippen molar-refractivity contribution < 1.29 is 28.5 Å². The SMILES string of the molecule is COc1cc(OC)c(C(=O)OC(C(N)=O)c2ccccc2)cc1OC. The van der Waals surface area contributed by atoms with Crippen LogP contribution in [0, 0.1) is 0 Å². The van der Waals surface area contributed by atoms with Gasteiger partial charge in [0.2, 0.25) is 6.10 Å². The lowest BCUT2D eigenvalue weighted by Gasteiger charge is -2.17. The number of carbonyl (C=O) groups is 2. The first-order valence-electron chi connectivity index (χ1n) is 7.37. The number of methoxy groups -OCH3 is 3. The Bertz CT molecular complexity index is 760. The summed E-state index contributed by atoms with van der Waals surface area (Å²) >= 11 is 0. The van der Waals surface area contributed by atoms with Crippen LogP contribution in [-0.2, 0) is 9.53 Å². The van der Waals surface area contributed by atoms with Gasteiger partial charge in [-0.3, -0.25) is 4.79 Å². The highest BCUT2D eigenvalue weighted by atomic mass is 16.6. The van der Waals surface area contributed by atoms with Gasteiger partial charge in [-0.05, 0) is 0 Å². The van der Waals surface area contributed by atoms with Crippen molar-refractivity contribution in [2.24, 2.45) is 5.73 Å². The molecule has 25 heavy (non-hydrogen) atoms. The third kappa shape index (κ3) is 4.00. The molecule has 1 unspecified atom stereocenters. The Morgan fingerprint density at radius 3 is 1.96 bits per heavy atom. The maximum absolute atomic E-state index is 12.6. The van der Waals surface area contributed by atoms with Gasteiger partial charge in [0.05, 0.1) is 21.3 Å². The van der Waals surface area contributed by atoms with Gasteiger partial charge in [0.25, 0.3) is 5.91 Å². The minimum absolute atomic E-state index is 0.0855. The van der Waals surface area contributed by atoms with E-state index < -0.39 is 18.0 Å². The number of amides is 1. The maximum Gasteiger partial charge on any atom is 0.343 e. The van der Waals surface area contributed by atoms with Gasteiger partial charge in [-0.15, -0.1) is 0 Å². The highest BCUT2D eigenvalue weighted by Crippen LogP contribution is 2.35. The molecule has 1 amide bonds. The lowest BCUT2D eigenvalue weighted by atomic mass is 10.1. The molecule has 0 spiro atoms. The van der Waals surface area contributed by atoms with Gasteiger partial charge in [0.15, 0.2) is 11.5 Å². The zero-order valence-electron chi connectivity index (χ0n) is 14.1. The van der Waals surface area contributed by atoms with Crippen LogP contribution < -0.4 is 19.9 Å². The summed E-state index contributed by atoms with van der Waals surface area (Å²) in [6.45, 7) is 0. The fourth-order valence-corrected chi connectivity index (χ4v) is 2.28. The van der Waals surface area contributed by atoms with Crippen LogP contribution in [-0.4, -0.2) is 33.2 Å². The quantitative estimate of drug-likeness (QED) is 0.772. The van der Waals surface area contributed by atoms with E-state index in [1.54, 1.807) is 30.3 Å². The van der Waals surface area contributed by atoms with E-state index in [0.717, 1.165) is 0 Å². The second-order valence-electron chi connectivity index (χ2n) is 5.01. The first-order valence-corrected chi connectivity index (χ1v) is 7.37. The van der Waals surface area contributed by atoms with E-state index in [9.17, 15) is 9.59 Å². The molecular formula is C18H19NO6. The van der Waals surface area contributed by atoms with Crippen molar-refractivity contribution in [3.63, 3.8) is 0 Å². The van der Waals surface area contributed by atoms with Crippen LogP contribution in [0.4, 0.5) is 0 Å². The second kappa shape index (κ2) is 8.05. The van der Waals surface area contributed by atoms with E-state index >= 15 is 0 Å². The summed E-state index contributed by atoms with van der Waals surface area (Å²) in [7, 11) is 4.31. The molecule has 2 aromatic carbocycles. The van der Waals surface area contributed by atoms with Crippen molar-refractivity contribution in [3.8, 4) is 17.2 Å². The summed E-state index contributed by atoms with van der Waals surface area (Å²) in [5, 5.41) is 0. The van der Waals surface area contributed by atoms with Gasteiger partial charge in [-0.2, -0.15) is 0 Å². The Morgan fingerprint density at radius 2 is 1.44 bits per heavy atom. The van der Waals surface area contributed by atoms with E-state index in [-0.39, 0.29) is 11.3 Å². The predicted octanol–water partition coefficient (Wildman–Crippen LogP) is 2.10. The summed E-state index contributed by atoms with van der Waals surface area (Å²) in [6, 6.07) is 11.4. The highest BCUT2D eigenvalue weighted by Gasteiger charge is 2.26. The molecule has 0 saturated heterocycles. The molecule has 0 bridgehead atoms. The van der Waals surface area contributed by atoms with Crippen molar-refractivity contribution in [1.29, 1.82) is 0 Å². The number of carbonyl (C=O) groups excluding carboxylic acids is 2. The van der Waals surface area contributed by atoms with Gasteiger partial charge in [0.1, 0.15) is 11.3 Å². The van der Waals surface area contributed by atoms with Crippen molar-refractivity contribution >= 4 is 11.9 Å². The first kappa shape index (κ1) is 18.1. The molecule has 1 atom stereocenters. The Hall–Kier alpha value is -3.22. The van der Waals surface area contributed by atoms with Crippen molar-refractivity contribution in [2.75, 3.05) is 21.3 Å². The number of esters is 1. The maximum atomic E-state index is 12.6. The number of hydrogen-bond donors (Lipinski definition) is 1. The number of rotatable bonds is 7. The van der Waals surface area contributed by atoms with Gasteiger partial charge < -0.3 is 24.7 Å². The Morgan fingerprint density at radius 1 is 0.880 bits per heavy atom. The van der Waals surface area contributed by atoms with Gasteiger partial charge >= 0.3 is 5.97 Å². The van der Waals surface area contributed by atoms with Crippen LogP contribution in [0.25, 0.3) is 0 Å². The molecule has 0 saturated carbocycles. The van der Waals surface area contributed by atoms with Crippen molar-refractivity contribution in [2.45, 2.75) is 6.10 Å². The molecule has 132 valence electrons. The van der Waals surface area contributed by atoms with Crippen LogP contribution in [0.5, 0.6) is 17.2 Å². The first-order chi connectivity index (χ1) is 12.0. The van der Waals surface area contributed by atoms with E-state index in [4.69, 9.17) is 24.7 Å². The monoisotopic (exact) mass is 345 g/mol. The van der Waals surface area contributed by atoms with Gasteiger partial charge in [-0.1, -0.05) is 30.3 Å². The fourth-order valence-electron chi connectivity index (χ4n) is 2.28. The van der Waals surface area contributed by atoms with E-state index in [1.165, 1.54) is 33.5 Å². The zero-order valence-corrected chi connectivity index (χ0v) is 14.1. The summed E-state index contributed by atoms with van der Waals surface area (Å²) in [6.07, 6.45) is -1.22. The van der Waals surface area contributed by atoms with E-state index in [0.29, 0.717) is 17.1 Å². The number of nitrogens with two attached hydrogens (primary N) is 1. The van der Waals surface area contributed by atoms with Crippen LogP contribution in [0.2, 0.25) is 0 Å². The van der Waals surface area contributed by atoms with Crippen LogP contribution in [0.1, 0.15) is 22.0 Å². The number of ether oxygens (including phenoxy) is 4.